The van der Waals surface area contributed by atoms with Crippen molar-refractivity contribution in [3.8, 4) is 11.3 Å². The van der Waals surface area contributed by atoms with Crippen molar-refractivity contribution in [3.05, 3.63) is 30.2 Å². The van der Waals surface area contributed by atoms with Crippen LogP contribution in [0.1, 0.15) is 10.5 Å². The molecule has 14 heavy (non-hydrogen) atoms. The standard InChI is InChI=1S/C9H8N2O3/c1-11-3-2-6(5-11)8-4-7(9(12)13)10-14-8/h2-5H,1H3,(H,12,13). The Bertz CT molecular complexity index is 470. The molecule has 2 heterocycles. The minimum atomic E-state index is -1.09. The molecular weight excluding hydrogens is 184 g/mol. The molecule has 0 fully saturated rings. The lowest BCUT2D eigenvalue weighted by Crippen LogP contribution is -1.94. The Morgan fingerprint density at radius 3 is 2.93 bits per heavy atom. The van der Waals surface area contributed by atoms with Crippen molar-refractivity contribution in [2.45, 2.75) is 0 Å². The Morgan fingerprint density at radius 1 is 1.64 bits per heavy atom. The summed E-state index contributed by atoms with van der Waals surface area (Å²) in [5.41, 5.74) is 0.733. The average molecular weight is 192 g/mol. The minimum Gasteiger partial charge on any atom is -0.476 e. The maximum Gasteiger partial charge on any atom is 0.358 e. The summed E-state index contributed by atoms with van der Waals surface area (Å²) in [7, 11) is 1.87. The van der Waals surface area contributed by atoms with Crippen LogP contribution in [0.5, 0.6) is 0 Å². The predicted octanol–water partition coefficient (Wildman–Crippen LogP) is 1.38. The smallest absolute Gasteiger partial charge is 0.358 e. The first kappa shape index (κ1) is 8.55. The zero-order valence-corrected chi connectivity index (χ0v) is 7.47. The number of hydrogen-bond donors (Lipinski definition) is 1. The lowest BCUT2D eigenvalue weighted by atomic mass is 10.2. The molecule has 0 aliphatic heterocycles. The third kappa shape index (κ3) is 1.39. The SMILES string of the molecule is Cn1ccc(-c2cc(C(=O)O)no2)c1. The molecular formula is C9H8N2O3. The molecule has 2 aromatic heterocycles. The van der Waals surface area contributed by atoms with Gasteiger partial charge in [0.15, 0.2) is 11.5 Å². The van der Waals surface area contributed by atoms with E-state index in [1.165, 1.54) is 6.07 Å². The molecule has 0 bridgehead atoms. The first-order valence-corrected chi connectivity index (χ1v) is 3.99. The largest absolute Gasteiger partial charge is 0.476 e. The number of carboxylic acid groups (broad SMARTS) is 1. The molecule has 0 saturated heterocycles. The van der Waals surface area contributed by atoms with Crippen molar-refractivity contribution in [3.63, 3.8) is 0 Å². The first-order valence-electron chi connectivity index (χ1n) is 3.99. The van der Waals surface area contributed by atoms with E-state index >= 15 is 0 Å². The molecule has 0 amide bonds. The van der Waals surface area contributed by atoms with Crippen LogP contribution in [0.15, 0.2) is 29.0 Å². The molecule has 0 aliphatic rings. The highest BCUT2D eigenvalue weighted by atomic mass is 16.5. The van der Waals surface area contributed by atoms with Crippen LogP contribution in [0, 0.1) is 0 Å². The van der Waals surface area contributed by atoms with Crippen molar-refractivity contribution in [2.75, 3.05) is 0 Å². The van der Waals surface area contributed by atoms with Gasteiger partial charge in [-0.3, -0.25) is 0 Å². The molecule has 5 heteroatoms. The number of nitrogens with zero attached hydrogens (tertiary/aromatic N) is 2. The van der Waals surface area contributed by atoms with Gasteiger partial charge in [-0.2, -0.15) is 0 Å². The molecule has 0 aromatic carbocycles. The van der Waals surface area contributed by atoms with Crippen LogP contribution in [-0.2, 0) is 7.05 Å². The van der Waals surface area contributed by atoms with E-state index in [4.69, 9.17) is 9.63 Å². The van der Waals surface area contributed by atoms with Gasteiger partial charge in [0, 0.05) is 31.1 Å². The average Bonchev–Trinajstić information content (AvgIpc) is 2.70. The van der Waals surface area contributed by atoms with Gasteiger partial charge < -0.3 is 14.2 Å². The van der Waals surface area contributed by atoms with E-state index in [1.54, 1.807) is 0 Å². The third-order valence-corrected chi connectivity index (χ3v) is 1.85. The van der Waals surface area contributed by atoms with Gasteiger partial charge in [0.05, 0.1) is 0 Å². The summed E-state index contributed by atoms with van der Waals surface area (Å²) in [4.78, 5) is 10.5. The summed E-state index contributed by atoms with van der Waals surface area (Å²) in [6.45, 7) is 0. The Kier molecular flexibility index (Phi) is 1.85. The number of hydrogen-bond acceptors (Lipinski definition) is 3. The molecule has 1 N–H and O–H groups in total. The Labute approximate surface area is 79.6 Å². The molecule has 2 aromatic rings. The van der Waals surface area contributed by atoms with E-state index in [-0.39, 0.29) is 5.69 Å². The van der Waals surface area contributed by atoms with Gasteiger partial charge in [-0.15, -0.1) is 0 Å². The molecule has 0 atom stereocenters. The van der Waals surface area contributed by atoms with E-state index < -0.39 is 5.97 Å². The van der Waals surface area contributed by atoms with Crippen LogP contribution >= 0.6 is 0 Å². The van der Waals surface area contributed by atoms with Crippen molar-refractivity contribution in [1.82, 2.24) is 9.72 Å². The van der Waals surface area contributed by atoms with Gasteiger partial charge in [-0.05, 0) is 6.07 Å². The van der Waals surface area contributed by atoms with Crippen LogP contribution in [0.3, 0.4) is 0 Å². The maximum atomic E-state index is 10.5. The molecule has 0 radical (unpaired) electrons. The number of aromatic nitrogens is 2. The van der Waals surface area contributed by atoms with Crippen molar-refractivity contribution in [2.24, 2.45) is 7.05 Å². The summed E-state index contributed by atoms with van der Waals surface area (Å²) in [6.07, 6.45) is 3.67. The second-order valence-electron chi connectivity index (χ2n) is 2.95. The second-order valence-corrected chi connectivity index (χ2v) is 2.95. The van der Waals surface area contributed by atoms with Crippen molar-refractivity contribution >= 4 is 5.97 Å². The monoisotopic (exact) mass is 192 g/mol. The zero-order valence-electron chi connectivity index (χ0n) is 7.47. The molecule has 72 valence electrons. The van der Waals surface area contributed by atoms with Gasteiger partial charge in [-0.25, -0.2) is 4.79 Å². The van der Waals surface area contributed by atoms with Gasteiger partial charge in [0.2, 0.25) is 0 Å². The number of carbonyl (C=O) groups is 1. The first-order chi connectivity index (χ1) is 6.66. The lowest BCUT2D eigenvalue weighted by Gasteiger charge is -1.86. The highest BCUT2D eigenvalue weighted by Crippen LogP contribution is 2.20. The summed E-state index contributed by atoms with van der Waals surface area (Å²) in [5, 5.41) is 12.0. The van der Waals surface area contributed by atoms with Crippen LogP contribution in [0.25, 0.3) is 11.3 Å². The summed E-state index contributed by atoms with van der Waals surface area (Å²) >= 11 is 0. The van der Waals surface area contributed by atoms with Crippen LogP contribution in [0.4, 0.5) is 0 Å². The number of aryl methyl sites for hydroxylation is 1. The molecule has 2 rings (SSSR count). The predicted molar refractivity (Wildman–Crippen MR) is 47.9 cm³/mol. The van der Waals surface area contributed by atoms with Crippen LogP contribution in [0.2, 0.25) is 0 Å². The van der Waals surface area contributed by atoms with Gasteiger partial charge in [-0.1, -0.05) is 5.16 Å². The highest BCUT2D eigenvalue weighted by Gasteiger charge is 2.12. The lowest BCUT2D eigenvalue weighted by molar-refractivity contribution is 0.0686. The van der Waals surface area contributed by atoms with Crippen LogP contribution in [-0.4, -0.2) is 20.8 Å². The van der Waals surface area contributed by atoms with Crippen molar-refractivity contribution in [1.29, 1.82) is 0 Å². The van der Waals surface area contributed by atoms with Gasteiger partial charge in [0.25, 0.3) is 0 Å². The number of rotatable bonds is 2. The minimum absolute atomic E-state index is 0.0798. The molecule has 5 nitrogen and oxygen atoms in total. The maximum absolute atomic E-state index is 10.5. The summed E-state index contributed by atoms with van der Waals surface area (Å²) < 4.78 is 6.73. The van der Waals surface area contributed by atoms with E-state index in [0.29, 0.717) is 5.76 Å². The number of carboxylic acids is 1. The van der Waals surface area contributed by atoms with Crippen molar-refractivity contribution < 1.29 is 14.4 Å². The van der Waals surface area contributed by atoms with E-state index in [0.717, 1.165) is 5.56 Å². The fraction of sp³-hybridized carbons (Fsp3) is 0.111. The quantitative estimate of drug-likeness (QED) is 0.780. The second kappa shape index (κ2) is 3.02. The van der Waals surface area contributed by atoms with Crippen LogP contribution < -0.4 is 0 Å². The molecule has 0 unspecified atom stereocenters. The fourth-order valence-electron chi connectivity index (χ4n) is 1.16. The Balaban J connectivity index is 2.38. The zero-order chi connectivity index (χ0) is 10.1. The Hall–Kier alpha value is -2.04. The molecule has 0 saturated carbocycles. The van der Waals surface area contributed by atoms with E-state index in [1.807, 2.05) is 30.1 Å². The topological polar surface area (TPSA) is 68.3 Å². The Morgan fingerprint density at radius 2 is 2.43 bits per heavy atom. The highest BCUT2D eigenvalue weighted by molar-refractivity contribution is 5.86. The third-order valence-electron chi connectivity index (χ3n) is 1.85. The van der Waals surface area contributed by atoms with E-state index in [2.05, 4.69) is 5.16 Å². The molecule has 0 aliphatic carbocycles. The van der Waals surface area contributed by atoms with E-state index in [9.17, 15) is 4.79 Å². The summed E-state index contributed by atoms with van der Waals surface area (Å²) in [6, 6.07) is 3.23. The fourth-order valence-corrected chi connectivity index (χ4v) is 1.16. The number of aromatic carboxylic acids is 1. The molecule has 0 spiro atoms. The normalized spacial score (nSPS) is 10.4. The van der Waals surface area contributed by atoms with Gasteiger partial charge >= 0.3 is 5.97 Å². The summed E-state index contributed by atoms with van der Waals surface area (Å²) in [5.74, 6) is -0.626. The van der Waals surface area contributed by atoms with Gasteiger partial charge in [0.1, 0.15) is 0 Å².